The van der Waals surface area contributed by atoms with Crippen molar-refractivity contribution in [1.82, 2.24) is 9.97 Å². The molecule has 0 saturated heterocycles. The Bertz CT molecular complexity index is 812. The van der Waals surface area contributed by atoms with Gasteiger partial charge in [0.2, 0.25) is 0 Å². The van der Waals surface area contributed by atoms with Crippen molar-refractivity contribution in [3.63, 3.8) is 0 Å². The van der Waals surface area contributed by atoms with Crippen LogP contribution in [-0.4, -0.2) is 9.97 Å². The Balaban J connectivity index is 2.27. The number of nitrogens with zero attached hydrogens (tertiary/aromatic N) is 2. The number of benzene rings is 2. The minimum atomic E-state index is 0.569. The van der Waals surface area contributed by atoms with Crippen LogP contribution in [0.15, 0.2) is 36.4 Å². The molecule has 3 rings (SSSR count). The second-order valence-corrected chi connectivity index (χ2v) is 4.79. The lowest BCUT2D eigenvalue weighted by molar-refractivity contribution is 1.31. The number of aromatic nitrogens is 2. The Kier molecular flexibility index (Phi) is 2.73. The van der Waals surface area contributed by atoms with Crippen LogP contribution in [0.1, 0.15) is 11.1 Å². The van der Waals surface area contributed by atoms with Crippen molar-refractivity contribution < 1.29 is 0 Å². The summed E-state index contributed by atoms with van der Waals surface area (Å²) in [5.41, 5.74) is 4.15. The van der Waals surface area contributed by atoms with Gasteiger partial charge in [-0.3, -0.25) is 0 Å². The summed E-state index contributed by atoms with van der Waals surface area (Å²) >= 11 is 6.03. The zero-order chi connectivity index (χ0) is 13.4. The summed E-state index contributed by atoms with van der Waals surface area (Å²) in [6, 6.07) is 13.3. The standard InChI is InChI=1S/C15H10ClN3/c1-9-5-6-11(16)7-12(9)15-18-13-4-2-3-10(8-17)14(13)19-15/h2-7H,1H3,(H,18,19). The summed E-state index contributed by atoms with van der Waals surface area (Å²) in [6.07, 6.45) is 0. The van der Waals surface area contributed by atoms with E-state index in [4.69, 9.17) is 16.9 Å². The van der Waals surface area contributed by atoms with Gasteiger partial charge in [0.1, 0.15) is 17.4 Å². The molecule has 19 heavy (non-hydrogen) atoms. The number of nitriles is 1. The molecule has 1 heterocycles. The molecule has 0 aliphatic rings. The quantitative estimate of drug-likeness (QED) is 0.723. The number of para-hydroxylation sites is 1. The Labute approximate surface area is 115 Å². The number of hydrogen-bond donors (Lipinski definition) is 1. The van der Waals surface area contributed by atoms with E-state index in [2.05, 4.69) is 16.0 Å². The number of nitrogens with one attached hydrogen (secondary N) is 1. The first-order valence-corrected chi connectivity index (χ1v) is 6.22. The van der Waals surface area contributed by atoms with Gasteiger partial charge in [0.25, 0.3) is 0 Å². The smallest absolute Gasteiger partial charge is 0.138 e. The Morgan fingerprint density at radius 3 is 2.89 bits per heavy atom. The average molecular weight is 268 g/mol. The first-order chi connectivity index (χ1) is 9.19. The van der Waals surface area contributed by atoms with E-state index in [-0.39, 0.29) is 0 Å². The molecular formula is C15H10ClN3. The minimum Gasteiger partial charge on any atom is -0.338 e. The number of fused-ring (bicyclic) bond motifs is 1. The van der Waals surface area contributed by atoms with Crippen molar-refractivity contribution in [3.8, 4) is 17.5 Å². The topological polar surface area (TPSA) is 52.5 Å². The third kappa shape index (κ3) is 1.96. The number of aryl methyl sites for hydroxylation is 1. The van der Waals surface area contributed by atoms with Crippen LogP contribution < -0.4 is 0 Å². The van der Waals surface area contributed by atoms with Gasteiger partial charge in [-0.15, -0.1) is 0 Å². The van der Waals surface area contributed by atoms with Crippen molar-refractivity contribution in [1.29, 1.82) is 5.26 Å². The molecule has 0 aliphatic heterocycles. The molecule has 0 aliphatic carbocycles. The summed E-state index contributed by atoms with van der Waals surface area (Å²) < 4.78 is 0. The molecule has 0 atom stereocenters. The van der Waals surface area contributed by atoms with E-state index in [9.17, 15) is 0 Å². The van der Waals surface area contributed by atoms with Gasteiger partial charge in [0.15, 0.2) is 0 Å². The van der Waals surface area contributed by atoms with Gasteiger partial charge < -0.3 is 4.98 Å². The van der Waals surface area contributed by atoms with Gasteiger partial charge in [0, 0.05) is 10.6 Å². The van der Waals surface area contributed by atoms with Crippen LogP contribution in [0.5, 0.6) is 0 Å². The van der Waals surface area contributed by atoms with E-state index in [1.54, 1.807) is 6.07 Å². The highest BCUT2D eigenvalue weighted by atomic mass is 35.5. The third-order valence-electron chi connectivity index (χ3n) is 3.09. The summed E-state index contributed by atoms with van der Waals surface area (Å²) in [5.74, 6) is 0.734. The monoisotopic (exact) mass is 267 g/mol. The summed E-state index contributed by atoms with van der Waals surface area (Å²) in [5, 5.41) is 9.76. The summed E-state index contributed by atoms with van der Waals surface area (Å²) in [6.45, 7) is 2.00. The van der Waals surface area contributed by atoms with Crippen LogP contribution in [0.4, 0.5) is 0 Å². The molecule has 0 unspecified atom stereocenters. The lowest BCUT2D eigenvalue weighted by Crippen LogP contribution is -1.85. The maximum Gasteiger partial charge on any atom is 0.138 e. The van der Waals surface area contributed by atoms with Crippen LogP contribution in [-0.2, 0) is 0 Å². The van der Waals surface area contributed by atoms with Crippen LogP contribution in [0.25, 0.3) is 22.4 Å². The number of imidazole rings is 1. The lowest BCUT2D eigenvalue weighted by Gasteiger charge is -2.02. The highest BCUT2D eigenvalue weighted by Crippen LogP contribution is 2.27. The highest BCUT2D eigenvalue weighted by molar-refractivity contribution is 6.30. The Morgan fingerprint density at radius 2 is 2.11 bits per heavy atom. The summed E-state index contributed by atoms with van der Waals surface area (Å²) in [7, 11) is 0. The van der Waals surface area contributed by atoms with Crippen molar-refractivity contribution >= 4 is 22.6 Å². The molecular weight excluding hydrogens is 258 g/mol. The van der Waals surface area contributed by atoms with Crippen LogP contribution in [0.2, 0.25) is 5.02 Å². The predicted octanol–water partition coefficient (Wildman–Crippen LogP) is 4.06. The Hall–Kier alpha value is -2.31. The number of aromatic amines is 1. The fourth-order valence-corrected chi connectivity index (χ4v) is 2.27. The van der Waals surface area contributed by atoms with E-state index in [1.807, 2.05) is 37.3 Å². The number of hydrogen-bond acceptors (Lipinski definition) is 2. The van der Waals surface area contributed by atoms with Crippen molar-refractivity contribution in [2.75, 3.05) is 0 Å². The van der Waals surface area contributed by atoms with Gasteiger partial charge in [-0.1, -0.05) is 23.7 Å². The molecule has 0 saturated carbocycles. The van der Waals surface area contributed by atoms with E-state index in [1.165, 1.54) is 0 Å². The van der Waals surface area contributed by atoms with Gasteiger partial charge in [-0.25, -0.2) is 4.98 Å². The van der Waals surface area contributed by atoms with Gasteiger partial charge in [0.05, 0.1) is 11.1 Å². The van der Waals surface area contributed by atoms with Crippen molar-refractivity contribution in [3.05, 3.63) is 52.5 Å². The number of halogens is 1. The molecule has 2 aromatic carbocycles. The fraction of sp³-hybridized carbons (Fsp3) is 0.0667. The molecule has 0 amide bonds. The SMILES string of the molecule is Cc1ccc(Cl)cc1-c1nc2c(C#N)cccc2[nH]1. The van der Waals surface area contributed by atoms with Crippen LogP contribution >= 0.6 is 11.6 Å². The van der Waals surface area contributed by atoms with Gasteiger partial charge in [-0.2, -0.15) is 5.26 Å². The molecule has 0 bridgehead atoms. The fourth-order valence-electron chi connectivity index (χ4n) is 2.10. The third-order valence-corrected chi connectivity index (χ3v) is 3.32. The molecule has 1 aromatic heterocycles. The molecule has 4 heteroatoms. The molecule has 3 nitrogen and oxygen atoms in total. The first-order valence-electron chi connectivity index (χ1n) is 5.84. The minimum absolute atomic E-state index is 0.569. The zero-order valence-corrected chi connectivity index (χ0v) is 11.0. The molecule has 0 spiro atoms. The van der Waals surface area contributed by atoms with Crippen LogP contribution in [0, 0.1) is 18.3 Å². The molecule has 0 fully saturated rings. The lowest BCUT2D eigenvalue weighted by atomic mass is 10.1. The summed E-state index contributed by atoms with van der Waals surface area (Å²) in [4.78, 5) is 7.75. The van der Waals surface area contributed by atoms with E-state index < -0.39 is 0 Å². The normalized spacial score (nSPS) is 10.6. The second kappa shape index (κ2) is 4.42. The van der Waals surface area contributed by atoms with Crippen LogP contribution in [0.3, 0.4) is 0 Å². The van der Waals surface area contributed by atoms with Gasteiger partial charge >= 0.3 is 0 Å². The highest BCUT2D eigenvalue weighted by Gasteiger charge is 2.10. The van der Waals surface area contributed by atoms with Crippen molar-refractivity contribution in [2.45, 2.75) is 6.92 Å². The largest absolute Gasteiger partial charge is 0.338 e. The predicted molar refractivity (Wildman–Crippen MR) is 76.0 cm³/mol. The Morgan fingerprint density at radius 1 is 1.26 bits per heavy atom. The average Bonchev–Trinajstić information content (AvgIpc) is 2.85. The first kappa shape index (κ1) is 11.8. The van der Waals surface area contributed by atoms with Gasteiger partial charge in [-0.05, 0) is 36.8 Å². The second-order valence-electron chi connectivity index (χ2n) is 4.36. The van der Waals surface area contributed by atoms with E-state index >= 15 is 0 Å². The molecule has 92 valence electrons. The maximum atomic E-state index is 9.09. The van der Waals surface area contributed by atoms with Crippen molar-refractivity contribution in [2.24, 2.45) is 0 Å². The zero-order valence-electron chi connectivity index (χ0n) is 10.2. The maximum absolute atomic E-state index is 9.09. The molecule has 3 aromatic rings. The number of rotatable bonds is 1. The van der Waals surface area contributed by atoms with E-state index in [0.717, 1.165) is 22.5 Å². The number of H-pyrrole nitrogens is 1. The molecule has 1 N–H and O–H groups in total. The molecule has 0 radical (unpaired) electrons. The van der Waals surface area contributed by atoms with E-state index in [0.29, 0.717) is 16.1 Å².